The molecule has 0 spiro atoms. The van der Waals surface area contributed by atoms with Gasteiger partial charge in [0.05, 0.1) is 0 Å². The fourth-order valence-corrected chi connectivity index (χ4v) is 2.33. The van der Waals surface area contributed by atoms with Gasteiger partial charge in [0.25, 0.3) is 5.56 Å². The van der Waals surface area contributed by atoms with Crippen LogP contribution in [0.4, 0.5) is 0 Å². The Kier molecular flexibility index (Phi) is 4.47. The number of aryl methyl sites for hydroxylation is 1. The summed E-state index contributed by atoms with van der Waals surface area (Å²) < 4.78 is 23.5. The molecule has 1 aromatic heterocycles. The fourth-order valence-electron chi connectivity index (χ4n) is 2.07. The molecule has 0 amide bonds. The molecular formula is C12H19N2O7P. The Morgan fingerprint density at radius 2 is 2.05 bits per heavy atom. The highest BCUT2D eigenvalue weighted by molar-refractivity contribution is 7.53. The number of ether oxygens (including phenoxy) is 2. The Morgan fingerprint density at radius 1 is 1.41 bits per heavy atom. The molecule has 0 bridgehead atoms. The summed E-state index contributed by atoms with van der Waals surface area (Å²) in [6.45, 7) is 4.12. The third kappa shape index (κ3) is 3.39. The number of hydrogen-bond donors (Lipinski definition) is 3. The number of H-pyrrole nitrogens is 1. The molecule has 1 saturated heterocycles. The minimum Gasteiger partial charge on any atom is -0.334 e. The van der Waals surface area contributed by atoms with E-state index in [1.807, 2.05) is 0 Å². The summed E-state index contributed by atoms with van der Waals surface area (Å²) in [6.07, 6.45) is 0.696. The quantitative estimate of drug-likeness (QED) is 0.680. The number of rotatable bonds is 4. The molecule has 1 aromatic rings. The number of nitrogens with one attached hydrogen (secondary N) is 1. The highest BCUT2D eigenvalue weighted by atomic mass is 31.2. The molecule has 124 valence electrons. The van der Waals surface area contributed by atoms with Gasteiger partial charge in [-0.3, -0.25) is 18.9 Å². The Hall–Kier alpha value is -1.25. The van der Waals surface area contributed by atoms with Crippen LogP contribution in [0.3, 0.4) is 0 Å². The first kappa shape index (κ1) is 17.1. The second-order valence-corrected chi connectivity index (χ2v) is 7.85. The van der Waals surface area contributed by atoms with Gasteiger partial charge in [-0.2, -0.15) is 0 Å². The van der Waals surface area contributed by atoms with Crippen LogP contribution in [0.1, 0.15) is 38.5 Å². The van der Waals surface area contributed by atoms with Gasteiger partial charge in [0, 0.05) is 18.2 Å². The lowest BCUT2D eigenvalue weighted by Crippen LogP contribution is -2.34. The average molecular weight is 334 g/mol. The van der Waals surface area contributed by atoms with E-state index in [1.165, 1.54) is 24.6 Å². The minimum absolute atomic E-state index is 0.364. The van der Waals surface area contributed by atoms with E-state index in [0.717, 1.165) is 0 Å². The van der Waals surface area contributed by atoms with Crippen LogP contribution in [0.25, 0.3) is 0 Å². The summed E-state index contributed by atoms with van der Waals surface area (Å²) in [6, 6.07) is 0. The van der Waals surface area contributed by atoms with E-state index in [4.69, 9.17) is 9.47 Å². The maximum atomic E-state index is 11.8. The molecule has 1 aliphatic heterocycles. The van der Waals surface area contributed by atoms with Crippen molar-refractivity contribution in [2.75, 3.05) is 0 Å². The number of hydrogen-bond acceptors (Lipinski definition) is 5. The van der Waals surface area contributed by atoms with Gasteiger partial charge in [0.2, 0.25) is 0 Å². The third-order valence-corrected chi connectivity index (χ3v) is 5.04. The zero-order chi connectivity index (χ0) is 16.7. The highest BCUT2D eigenvalue weighted by Gasteiger charge is 2.43. The van der Waals surface area contributed by atoms with Crippen LogP contribution < -0.4 is 11.2 Å². The molecule has 1 aliphatic rings. The van der Waals surface area contributed by atoms with E-state index >= 15 is 0 Å². The lowest BCUT2D eigenvalue weighted by atomic mass is 10.3. The number of aromatic amines is 1. The predicted molar refractivity (Wildman–Crippen MR) is 76.4 cm³/mol. The molecule has 3 N–H and O–H groups in total. The molecule has 1 fully saturated rings. The summed E-state index contributed by atoms with van der Waals surface area (Å²) >= 11 is 0. The standard InChI is InChI=1S/C12H19N2O7P/c1-7-6-14(11(16)13-10(7)15)8-4-5-9(20-8)21-12(2,3)22(17,18)19/h6,8-9H,4-5H2,1-3H3,(H,13,15,16)(H2,17,18,19). The van der Waals surface area contributed by atoms with Gasteiger partial charge in [-0.1, -0.05) is 0 Å². The van der Waals surface area contributed by atoms with Crippen LogP contribution in [-0.4, -0.2) is 31.0 Å². The summed E-state index contributed by atoms with van der Waals surface area (Å²) in [4.78, 5) is 43.8. The molecule has 0 radical (unpaired) electrons. The van der Waals surface area contributed by atoms with Gasteiger partial charge in [0.1, 0.15) is 6.23 Å². The molecule has 9 nitrogen and oxygen atoms in total. The first-order chi connectivity index (χ1) is 10.0. The van der Waals surface area contributed by atoms with Gasteiger partial charge in [-0.15, -0.1) is 0 Å². The van der Waals surface area contributed by atoms with Crippen molar-refractivity contribution in [1.29, 1.82) is 0 Å². The smallest absolute Gasteiger partial charge is 0.334 e. The highest BCUT2D eigenvalue weighted by Crippen LogP contribution is 2.52. The van der Waals surface area contributed by atoms with Gasteiger partial charge in [0.15, 0.2) is 11.6 Å². The van der Waals surface area contributed by atoms with Crippen molar-refractivity contribution in [2.45, 2.75) is 51.5 Å². The Labute approximate surface area is 126 Å². The number of aromatic nitrogens is 2. The molecule has 2 atom stereocenters. The van der Waals surface area contributed by atoms with Crippen LogP contribution in [0, 0.1) is 6.92 Å². The SMILES string of the molecule is Cc1cn(C2CCC(OC(C)(C)P(=O)(O)O)O2)c(=O)[nH]c1=O. The summed E-state index contributed by atoms with van der Waals surface area (Å²) in [5.41, 5.74) is -0.701. The zero-order valence-electron chi connectivity index (χ0n) is 12.5. The zero-order valence-corrected chi connectivity index (χ0v) is 13.4. The van der Waals surface area contributed by atoms with E-state index in [2.05, 4.69) is 4.98 Å². The minimum atomic E-state index is -4.45. The van der Waals surface area contributed by atoms with Crippen LogP contribution in [0.5, 0.6) is 0 Å². The van der Waals surface area contributed by atoms with Crippen molar-refractivity contribution in [1.82, 2.24) is 9.55 Å². The van der Waals surface area contributed by atoms with E-state index < -0.39 is 36.7 Å². The Balaban J connectivity index is 2.14. The van der Waals surface area contributed by atoms with Crippen LogP contribution in [0.15, 0.2) is 15.8 Å². The average Bonchev–Trinajstić information content (AvgIpc) is 2.80. The first-order valence-electron chi connectivity index (χ1n) is 6.72. The lowest BCUT2D eigenvalue weighted by Gasteiger charge is -2.29. The van der Waals surface area contributed by atoms with E-state index in [0.29, 0.717) is 18.4 Å². The third-order valence-electron chi connectivity index (χ3n) is 3.54. The molecule has 2 heterocycles. The van der Waals surface area contributed by atoms with Gasteiger partial charge >= 0.3 is 13.3 Å². The molecule has 2 unspecified atom stereocenters. The largest absolute Gasteiger partial charge is 0.356 e. The van der Waals surface area contributed by atoms with E-state index in [1.54, 1.807) is 6.92 Å². The van der Waals surface area contributed by atoms with E-state index in [-0.39, 0.29) is 0 Å². The molecule has 0 aliphatic carbocycles. The molecule has 22 heavy (non-hydrogen) atoms. The van der Waals surface area contributed by atoms with Crippen molar-refractivity contribution in [3.8, 4) is 0 Å². The molecule has 0 aromatic carbocycles. The van der Waals surface area contributed by atoms with Crippen LogP contribution in [0.2, 0.25) is 0 Å². The van der Waals surface area contributed by atoms with Crippen molar-refractivity contribution >= 4 is 7.60 Å². The van der Waals surface area contributed by atoms with Crippen molar-refractivity contribution < 1.29 is 23.8 Å². The molecule has 2 rings (SSSR count). The Bertz CT molecular complexity index is 717. The van der Waals surface area contributed by atoms with Crippen molar-refractivity contribution in [2.24, 2.45) is 0 Å². The second kappa shape index (κ2) is 5.75. The summed E-state index contributed by atoms with van der Waals surface area (Å²) in [5.74, 6) is 0. The van der Waals surface area contributed by atoms with Crippen molar-refractivity contribution in [3.05, 3.63) is 32.6 Å². The molecular weight excluding hydrogens is 315 g/mol. The fraction of sp³-hybridized carbons (Fsp3) is 0.667. The normalized spacial score (nSPS) is 23.0. The Morgan fingerprint density at radius 3 is 2.64 bits per heavy atom. The molecule has 0 saturated carbocycles. The maximum absolute atomic E-state index is 11.8. The monoisotopic (exact) mass is 334 g/mol. The topological polar surface area (TPSA) is 131 Å². The van der Waals surface area contributed by atoms with Gasteiger partial charge in [-0.05, 0) is 27.2 Å². The predicted octanol–water partition coefficient (Wildman–Crippen LogP) is 0.411. The van der Waals surface area contributed by atoms with Crippen LogP contribution in [-0.2, 0) is 14.0 Å². The molecule has 10 heteroatoms. The van der Waals surface area contributed by atoms with Crippen molar-refractivity contribution in [3.63, 3.8) is 0 Å². The van der Waals surface area contributed by atoms with Gasteiger partial charge in [-0.25, -0.2) is 4.79 Å². The first-order valence-corrected chi connectivity index (χ1v) is 8.33. The summed E-state index contributed by atoms with van der Waals surface area (Å²) in [7, 11) is -4.45. The van der Waals surface area contributed by atoms with Gasteiger partial charge < -0.3 is 19.3 Å². The second-order valence-electron chi connectivity index (χ2n) is 5.68. The maximum Gasteiger partial charge on any atom is 0.356 e. The summed E-state index contributed by atoms with van der Waals surface area (Å²) in [5, 5.41) is -1.68. The van der Waals surface area contributed by atoms with Crippen LogP contribution >= 0.6 is 7.60 Å². The lowest BCUT2D eigenvalue weighted by molar-refractivity contribution is -0.184. The van der Waals surface area contributed by atoms with E-state index in [9.17, 15) is 23.9 Å². The number of nitrogens with zero attached hydrogens (tertiary/aromatic N) is 1.